The van der Waals surface area contributed by atoms with E-state index in [1.54, 1.807) is 36.4 Å². The van der Waals surface area contributed by atoms with Crippen LogP contribution < -0.4 is 10.2 Å². The third-order valence-electron chi connectivity index (χ3n) is 4.85. The number of fused-ring (bicyclic) bond motifs is 1. The lowest BCUT2D eigenvalue weighted by atomic mass is 10.1. The second-order valence-electron chi connectivity index (χ2n) is 7.10. The largest absolute Gasteiger partial charge is 0.450 e. The Bertz CT molecular complexity index is 1430. The summed E-state index contributed by atoms with van der Waals surface area (Å²) in [6.45, 7) is 0. The number of nitrogens with zero attached hydrogens (tertiary/aromatic N) is 3. The third-order valence-corrected chi connectivity index (χ3v) is 4.85. The van der Waals surface area contributed by atoms with Crippen LogP contribution in [-0.2, 0) is 0 Å². The quantitative estimate of drug-likeness (QED) is 0.230. The van der Waals surface area contributed by atoms with Crippen molar-refractivity contribution in [3.05, 3.63) is 116 Å². The maximum atomic E-state index is 12.3. The van der Waals surface area contributed by atoms with E-state index in [9.17, 15) is 25.0 Å². The lowest BCUT2D eigenvalue weighted by Gasteiger charge is -2.06. The van der Waals surface area contributed by atoms with Crippen LogP contribution >= 0.6 is 0 Å². The number of nitrogens with one attached hydrogen (secondary N) is 1. The second kappa shape index (κ2) is 9.57. The highest BCUT2D eigenvalue weighted by atomic mass is 16.6. The zero-order valence-corrected chi connectivity index (χ0v) is 17.5. The van der Waals surface area contributed by atoms with Crippen LogP contribution in [0.4, 0.5) is 11.4 Å². The van der Waals surface area contributed by atoms with Crippen LogP contribution in [0.25, 0.3) is 10.8 Å². The van der Waals surface area contributed by atoms with E-state index in [0.717, 1.165) is 22.9 Å². The summed E-state index contributed by atoms with van der Waals surface area (Å²) in [4.78, 5) is 33.0. The Hall–Kier alpha value is -5.12. The number of non-ortho nitro benzene ring substituents is 1. The number of hydrogen-bond acceptors (Lipinski definition) is 7. The molecule has 4 rings (SSSR count). The first-order valence-corrected chi connectivity index (χ1v) is 9.94. The molecule has 1 N–H and O–H groups in total. The smallest absolute Gasteiger partial charge is 0.318 e. The molecule has 4 aromatic rings. The molecule has 34 heavy (non-hydrogen) atoms. The summed E-state index contributed by atoms with van der Waals surface area (Å²) in [7, 11) is 0. The molecule has 1 amide bonds. The standard InChI is InChI=1S/C24H16N4O6/c29-24(19-8-7-17-3-1-2-4-18(17)13-19)26-25-15-16-5-10-21(11-6-16)34-23-12-9-20(27(30)31)14-22(23)28(32)33/h1-15H,(H,26,29)/b25-15-. The van der Waals surface area contributed by atoms with Crippen LogP contribution in [0.2, 0.25) is 0 Å². The summed E-state index contributed by atoms with van der Waals surface area (Å²) in [5.74, 6) is -0.193. The van der Waals surface area contributed by atoms with Gasteiger partial charge in [-0.3, -0.25) is 25.0 Å². The highest BCUT2D eigenvalue weighted by molar-refractivity contribution is 5.99. The van der Waals surface area contributed by atoms with Gasteiger partial charge in [-0.2, -0.15) is 5.10 Å². The highest BCUT2D eigenvalue weighted by Gasteiger charge is 2.21. The molecule has 0 saturated carbocycles. The first-order chi connectivity index (χ1) is 16.4. The van der Waals surface area contributed by atoms with Gasteiger partial charge < -0.3 is 4.74 Å². The molecule has 4 aromatic carbocycles. The highest BCUT2D eigenvalue weighted by Crippen LogP contribution is 2.34. The van der Waals surface area contributed by atoms with E-state index in [-0.39, 0.29) is 17.4 Å². The van der Waals surface area contributed by atoms with Crippen molar-refractivity contribution in [1.29, 1.82) is 0 Å². The van der Waals surface area contributed by atoms with Gasteiger partial charge in [0.2, 0.25) is 5.75 Å². The zero-order chi connectivity index (χ0) is 24.1. The van der Waals surface area contributed by atoms with Crippen molar-refractivity contribution in [2.45, 2.75) is 0 Å². The minimum atomic E-state index is -0.748. The molecule has 0 unspecified atom stereocenters. The lowest BCUT2D eigenvalue weighted by molar-refractivity contribution is -0.394. The van der Waals surface area contributed by atoms with E-state index in [1.165, 1.54) is 12.3 Å². The number of amides is 1. The van der Waals surface area contributed by atoms with E-state index in [0.29, 0.717) is 11.1 Å². The molecule has 0 aliphatic carbocycles. The van der Waals surface area contributed by atoms with Crippen molar-refractivity contribution < 1.29 is 19.4 Å². The summed E-state index contributed by atoms with van der Waals surface area (Å²) in [6, 6.07) is 22.6. The molecule has 0 spiro atoms. The lowest BCUT2D eigenvalue weighted by Crippen LogP contribution is -2.17. The normalized spacial score (nSPS) is 10.8. The summed E-state index contributed by atoms with van der Waals surface area (Å²) < 4.78 is 5.52. The summed E-state index contributed by atoms with van der Waals surface area (Å²) in [6.07, 6.45) is 1.44. The van der Waals surface area contributed by atoms with Crippen molar-refractivity contribution >= 4 is 34.3 Å². The Morgan fingerprint density at radius 1 is 0.853 bits per heavy atom. The zero-order valence-electron chi connectivity index (χ0n) is 17.5. The molecule has 10 nitrogen and oxygen atoms in total. The van der Waals surface area contributed by atoms with Gasteiger partial charge in [-0.15, -0.1) is 0 Å². The summed E-state index contributed by atoms with van der Waals surface area (Å²) in [5, 5.41) is 28.0. The first kappa shape index (κ1) is 22.1. The van der Waals surface area contributed by atoms with Crippen molar-refractivity contribution in [1.82, 2.24) is 5.43 Å². The molecule has 0 aromatic heterocycles. The Labute approximate surface area is 192 Å². The van der Waals surface area contributed by atoms with Gasteiger partial charge in [-0.05, 0) is 58.8 Å². The maximum Gasteiger partial charge on any atom is 0.318 e. The number of ether oxygens (including phenoxy) is 1. The van der Waals surface area contributed by atoms with E-state index in [1.807, 2.05) is 30.3 Å². The van der Waals surface area contributed by atoms with Crippen LogP contribution in [-0.4, -0.2) is 22.0 Å². The van der Waals surface area contributed by atoms with Crippen LogP contribution in [0.1, 0.15) is 15.9 Å². The number of rotatable bonds is 7. The first-order valence-electron chi connectivity index (χ1n) is 9.94. The van der Waals surface area contributed by atoms with Crippen molar-refractivity contribution in [3.63, 3.8) is 0 Å². The number of hydrazone groups is 1. The topological polar surface area (TPSA) is 137 Å². The van der Waals surface area contributed by atoms with Gasteiger partial charge in [-0.25, -0.2) is 5.43 Å². The number of benzene rings is 4. The number of nitro groups is 2. The van der Waals surface area contributed by atoms with Gasteiger partial charge in [0, 0.05) is 11.6 Å². The molecule has 0 bridgehead atoms. The SMILES string of the molecule is O=C(N/N=C\c1ccc(Oc2ccc([N+](=O)[O-])cc2[N+](=O)[O-])cc1)c1ccc2ccccc2c1. The van der Waals surface area contributed by atoms with Crippen molar-refractivity contribution in [2.75, 3.05) is 0 Å². The predicted octanol–water partition coefficient (Wildman–Crippen LogP) is 5.21. The Morgan fingerprint density at radius 3 is 2.29 bits per heavy atom. The second-order valence-corrected chi connectivity index (χ2v) is 7.10. The molecule has 0 aliphatic rings. The van der Waals surface area contributed by atoms with Gasteiger partial charge in [0.1, 0.15) is 5.75 Å². The third kappa shape index (κ3) is 5.02. The average Bonchev–Trinajstić information content (AvgIpc) is 2.84. The van der Waals surface area contributed by atoms with E-state index < -0.39 is 21.2 Å². The molecule has 10 heteroatoms. The molecule has 0 heterocycles. The maximum absolute atomic E-state index is 12.3. The molecule has 0 saturated heterocycles. The van der Waals surface area contributed by atoms with Crippen LogP contribution in [0.5, 0.6) is 11.5 Å². The number of nitro benzene ring substituents is 2. The average molecular weight is 456 g/mol. The van der Waals surface area contributed by atoms with Crippen LogP contribution in [0, 0.1) is 20.2 Å². The van der Waals surface area contributed by atoms with Gasteiger partial charge >= 0.3 is 5.69 Å². The Morgan fingerprint density at radius 2 is 1.59 bits per heavy atom. The van der Waals surface area contributed by atoms with Gasteiger partial charge in [0.25, 0.3) is 11.6 Å². The Kier molecular flexibility index (Phi) is 6.22. The Balaban J connectivity index is 1.41. The molecule has 0 radical (unpaired) electrons. The minimum Gasteiger partial charge on any atom is -0.450 e. The van der Waals surface area contributed by atoms with E-state index in [2.05, 4.69) is 10.5 Å². The van der Waals surface area contributed by atoms with Gasteiger partial charge in [0.05, 0.1) is 22.1 Å². The summed E-state index contributed by atoms with van der Waals surface area (Å²) in [5.41, 5.74) is 2.67. The van der Waals surface area contributed by atoms with Crippen molar-refractivity contribution in [3.8, 4) is 11.5 Å². The fourth-order valence-corrected chi connectivity index (χ4v) is 3.16. The molecule has 0 aliphatic heterocycles. The number of carbonyl (C=O) groups is 1. The molecule has 0 fully saturated rings. The van der Waals surface area contributed by atoms with Gasteiger partial charge in [-0.1, -0.05) is 30.3 Å². The molecule has 168 valence electrons. The van der Waals surface area contributed by atoms with Crippen LogP contribution in [0.15, 0.2) is 90.0 Å². The molecular weight excluding hydrogens is 440 g/mol. The minimum absolute atomic E-state index is 0.125. The monoisotopic (exact) mass is 456 g/mol. The molecule has 0 atom stereocenters. The van der Waals surface area contributed by atoms with Crippen molar-refractivity contribution in [2.24, 2.45) is 5.10 Å². The van der Waals surface area contributed by atoms with Crippen LogP contribution in [0.3, 0.4) is 0 Å². The number of carbonyl (C=O) groups excluding carboxylic acids is 1. The fourth-order valence-electron chi connectivity index (χ4n) is 3.16. The van der Waals surface area contributed by atoms with E-state index in [4.69, 9.17) is 4.74 Å². The van der Waals surface area contributed by atoms with Gasteiger partial charge in [0.15, 0.2) is 0 Å². The summed E-state index contributed by atoms with van der Waals surface area (Å²) >= 11 is 0. The number of hydrogen-bond donors (Lipinski definition) is 1. The van der Waals surface area contributed by atoms with E-state index >= 15 is 0 Å². The fraction of sp³-hybridized carbons (Fsp3) is 0. The molecular formula is C24H16N4O6. The predicted molar refractivity (Wildman–Crippen MR) is 125 cm³/mol.